The Bertz CT molecular complexity index is 973. The monoisotopic (exact) mass is 437 g/mol. The fourth-order valence-electron chi connectivity index (χ4n) is 3.54. The van der Waals surface area contributed by atoms with E-state index < -0.39 is 0 Å². The van der Waals surface area contributed by atoms with Gasteiger partial charge in [-0.25, -0.2) is 0 Å². The van der Waals surface area contributed by atoms with Gasteiger partial charge in [0.2, 0.25) is 11.8 Å². The number of hydrogen-bond acceptors (Lipinski definition) is 5. The Morgan fingerprint density at radius 1 is 0.935 bits per heavy atom. The lowest BCUT2D eigenvalue weighted by Gasteiger charge is -2.20. The van der Waals surface area contributed by atoms with Crippen molar-refractivity contribution in [1.29, 1.82) is 0 Å². The van der Waals surface area contributed by atoms with Crippen molar-refractivity contribution in [2.24, 2.45) is 0 Å². The molecule has 0 aliphatic heterocycles. The number of rotatable bonds is 9. The molecule has 1 atom stereocenters. The number of benzene rings is 2. The molecule has 2 aromatic carbocycles. The lowest BCUT2D eigenvalue weighted by molar-refractivity contribution is -0.113. The first kappa shape index (κ1) is 23.1. The first-order chi connectivity index (χ1) is 14.8. The second-order valence-electron chi connectivity index (χ2n) is 8.44. The molecule has 5 nitrogen and oxygen atoms in total. The minimum absolute atomic E-state index is 0.0718. The van der Waals surface area contributed by atoms with Crippen LogP contribution in [-0.2, 0) is 11.2 Å². The van der Waals surface area contributed by atoms with Crippen molar-refractivity contribution >= 4 is 23.4 Å². The van der Waals surface area contributed by atoms with Crippen LogP contribution in [0.1, 0.15) is 75.0 Å². The van der Waals surface area contributed by atoms with Crippen LogP contribution in [0.15, 0.2) is 58.2 Å². The molecule has 0 radical (unpaired) electrons. The smallest absolute Gasteiger partial charge is 0.277 e. The number of carbonyl (C=O) groups is 1. The summed E-state index contributed by atoms with van der Waals surface area (Å²) >= 11 is 1.27. The number of anilines is 1. The van der Waals surface area contributed by atoms with E-state index in [0.29, 0.717) is 29.4 Å². The van der Waals surface area contributed by atoms with Gasteiger partial charge in [0, 0.05) is 12.1 Å². The fraction of sp³-hybridized carbons (Fsp3) is 0.400. The van der Waals surface area contributed by atoms with E-state index in [1.165, 1.54) is 17.3 Å². The Balaban J connectivity index is 1.60. The molecule has 1 heterocycles. The van der Waals surface area contributed by atoms with Crippen LogP contribution in [0.3, 0.4) is 0 Å². The second kappa shape index (κ2) is 10.6. The molecule has 0 aliphatic rings. The van der Waals surface area contributed by atoms with Crippen LogP contribution in [0.2, 0.25) is 0 Å². The number of carbonyl (C=O) groups excluding carboxylic acids is 1. The van der Waals surface area contributed by atoms with Gasteiger partial charge in [0.25, 0.3) is 5.22 Å². The number of hydrogen-bond donors (Lipinski definition) is 1. The average molecular weight is 438 g/mol. The third-order valence-corrected chi connectivity index (χ3v) is 6.08. The van der Waals surface area contributed by atoms with Crippen LogP contribution in [0.5, 0.6) is 0 Å². The van der Waals surface area contributed by atoms with Gasteiger partial charge in [0.15, 0.2) is 0 Å². The molecule has 3 rings (SSSR count). The maximum absolute atomic E-state index is 12.7. The molecule has 0 saturated heterocycles. The molecule has 0 aliphatic carbocycles. The number of para-hydroxylation sites is 1. The van der Waals surface area contributed by atoms with Crippen LogP contribution in [-0.4, -0.2) is 21.9 Å². The summed E-state index contributed by atoms with van der Waals surface area (Å²) in [5.41, 5.74) is 4.47. The molecule has 0 spiro atoms. The summed E-state index contributed by atoms with van der Waals surface area (Å²) in [4.78, 5) is 12.7. The lowest BCUT2D eigenvalue weighted by atomic mass is 9.92. The zero-order valence-corrected chi connectivity index (χ0v) is 19.7. The molecule has 0 fully saturated rings. The van der Waals surface area contributed by atoms with E-state index in [9.17, 15) is 4.79 Å². The Kier molecular flexibility index (Phi) is 7.91. The molecule has 31 heavy (non-hydrogen) atoms. The van der Waals surface area contributed by atoms with Gasteiger partial charge >= 0.3 is 0 Å². The van der Waals surface area contributed by atoms with Crippen molar-refractivity contribution in [1.82, 2.24) is 10.2 Å². The molecule has 1 aromatic heterocycles. The van der Waals surface area contributed by atoms with Gasteiger partial charge in [0.1, 0.15) is 0 Å². The Morgan fingerprint density at radius 2 is 1.58 bits per heavy atom. The number of aromatic nitrogens is 2. The van der Waals surface area contributed by atoms with E-state index in [2.05, 4.69) is 80.5 Å². The van der Waals surface area contributed by atoms with Gasteiger partial charge in [-0.2, -0.15) is 0 Å². The fourth-order valence-corrected chi connectivity index (χ4v) is 4.12. The van der Waals surface area contributed by atoms with Crippen molar-refractivity contribution in [3.63, 3.8) is 0 Å². The van der Waals surface area contributed by atoms with Crippen molar-refractivity contribution in [3.8, 4) is 0 Å². The number of amides is 1. The summed E-state index contributed by atoms with van der Waals surface area (Å²) in [6.07, 6.45) is 0.670. The highest BCUT2D eigenvalue weighted by Crippen LogP contribution is 2.32. The van der Waals surface area contributed by atoms with Gasteiger partial charge in [0.05, 0.1) is 5.75 Å². The van der Waals surface area contributed by atoms with Gasteiger partial charge in [-0.05, 0) is 34.4 Å². The summed E-state index contributed by atoms with van der Waals surface area (Å²) in [6, 6.07) is 16.5. The highest BCUT2D eigenvalue weighted by Gasteiger charge is 2.17. The Labute approximate surface area is 189 Å². The normalized spacial score (nSPS) is 12.4. The standard InChI is InChI=1S/C25H31N3O2S/c1-16(2)20-12-9-13-21(17(3)4)24(20)26-22(29)15-31-25-28-27-23(30-25)14-18(5)19-10-7-6-8-11-19/h6-13,16-18H,14-15H2,1-5H3,(H,26,29). The van der Waals surface area contributed by atoms with Gasteiger partial charge < -0.3 is 9.73 Å². The quantitative estimate of drug-likeness (QED) is 0.393. The number of nitrogens with zero attached hydrogens (tertiary/aromatic N) is 2. The molecular weight excluding hydrogens is 406 g/mol. The second-order valence-corrected chi connectivity index (χ2v) is 9.36. The SMILES string of the molecule is CC(C)c1cccc(C(C)C)c1NC(=O)CSc1nnc(CC(C)c2ccccc2)o1. The highest BCUT2D eigenvalue weighted by molar-refractivity contribution is 7.99. The minimum atomic E-state index is -0.0718. The largest absolute Gasteiger partial charge is 0.416 e. The molecule has 1 amide bonds. The first-order valence-corrected chi connectivity index (χ1v) is 11.8. The van der Waals surface area contributed by atoms with E-state index in [4.69, 9.17) is 4.42 Å². The van der Waals surface area contributed by atoms with Crippen LogP contribution in [0.25, 0.3) is 0 Å². The molecule has 6 heteroatoms. The summed E-state index contributed by atoms with van der Waals surface area (Å²) in [6.45, 7) is 10.7. The summed E-state index contributed by atoms with van der Waals surface area (Å²) in [7, 11) is 0. The molecule has 164 valence electrons. The van der Waals surface area contributed by atoms with E-state index >= 15 is 0 Å². The van der Waals surface area contributed by atoms with E-state index in [1.807, 2.05) is 18.2 Å². The third kappa shape index (κ3) is 6.20. The van der Waals surface area contributed by atoms with Gasteiger partial charge in [-0.3, -0.25) is 4.79 Å². The van der Waals surface area contributed by atoms with Crippen LogP contribution in [0, 0.1) is 0 Å². The molecule has 0 bridgehead atoms. The predicted molar refractivity (Wildman–Crippen MR) is 127 cm³/mol. The maximum Gasteiger partial charge on any atom is 0.277 e. The summed E-state index contributed by atoms with van der Waals surface area (Å²) in [5, 5.41) is 11.8. The van der Waals surface area contributed by atoms with Crippen molar-refractivity contribution in [2.75, 3.05) is 11.1 Å². The van der Waals surface area contributed by atoms with Crippen LogP contribution >= 0.6 is 11.8 Å². The van der Waals surface area contributed by atoms with Crippen LogP contribution in [0.4, 0.5) is 5.69 Å². The molecule has 1 N–H and O–H groups in total. The number of thioether (sulfide) groups is 1. The zero-order chi connectivity index (χ0) is 22.4. The predicted octanol–water partition coefficient (Wildman–Crippen LogP) is 6.39. The van der Waals surface area contributed by atoms with E-state index in [1.54, 1.807) is 0 Å². The molecular formula is C25H31N3O2S. The first-order valence-electron chi connectivity index (χ1n) is 10.8. The van der Waals surface area contributed by atoms with Crippen LogP contribution < -0.4 is 5.32 Å². The lowest BCUT2D eigenvalue weighted by Crippen LogP contribution is -2.17. The maximum atomic E-state index is 12.7. The van der Waals surface area contributed by atoms with Crippen molar-refractivity contribution in [2.45, 2.75) is 64.0 Å². The average Bonchev–Trinajstić information content (AvgIpc) is 3.20. The van der Waals surface area contributed by atoms with Crippen molar-refractivity contribution in [3.05, 3.63) is 71.1 Å². The van der Waals surface area contributed by atoms with Gasteiger partial charge in [-0.15, -0.1) is 10.2 Å². The Hall–Kier alpha value is -2.60. The zero-order valence-electron chi connectivity index (χ0n) is 18.9. The molecule has 3 aromatic rings. The summed E-state index contributed by atoms with van der Waals surface area (Å²) < 4.78 is 5.76. The van der Waals surface area contributed by atoms with Crippen molar-refractivity contribution < 1.29 is 9.21 Å². The molecule has 0 saturated carbocycles. The Morgan fingerprint density at radius 3 is 2.19 bits per heavy atom. The molecule has 1 unspecified atom stereocenters. The van der Waals surface area contributed by atoms with E-state index in [-0.39, 0.29) is 17.6 Å². The minimum Gasteiger partial charge on any atom is -0.416 e. The summed E-state index contributed by atoms with van der Waals surface area (Å²) in [5.74, 6) is 1.67. The van der Waals surface area contributed by atoms with Gasteiger partial charge in [-0.1, -0.05) is 94.9 Å². The topological polar surface area (TPSA) is 68.0 Å². The van der Waals surface area contributed by atoms with E-state index in [0.717, 1.165) is 16.8 Å². The highest BCUT2D eigenvalue weighted by atomic mass is 32.2. The number of nitrogens with one attached hydrogen (secondary N) is 1. The third-order valence-electron chi connectivity index (χ3n) is 5.26.